The van der Waals surface area contributed by atoms with Gasteiger partial charge in [0.1, 0.15) is 0 Å². The number of guanidine groups is 1. The van der Waals surface area contributed by atoms with Crippen molar-refractivity contribution >= 4 is 11.9 Å². The highest BCUT2D eigenvalue weighted by Crippen LogP contribution is 2.15. The van der Waals surface area contributed by atoms with Crippen LogP contribution < -0.4 is 10.2 Å². The van der Waals surface area contributed by atoms with E-state index in [9.17, 15) is 0 Å². The molecule has 27 heavy (non-hydrogen) atoms. The van der Waals surface area contributed by atoms with Crippen LogP contribution in [0.25, 0.3) is 0 Å². The van der Waals surface area contributed by atoms with Gasteiger partial charge in [0.05, 0.1) is 0 Å². The Hall–Kier alpha value is -1.89. The number of hydrogen-bond acceptors (Lipinski definition) is 5. The molecule has 0 saturated carbocycles. The van der Waals surface area contributed by atoms with Gasteiger partial charge in [0, 0.05) is 71.3 Å². The largest absolute Gasteiger partial charge is 0.357 e. The van der Waals surface area contributed by atoms with Crippen molar-refractivity contribution in [2.45, 2.75) is 33.1 Å². The zero-order valence-corrected chi connectivity index (χ0v) is 17.0. The number of nitrogens with one attached hydrogen (secondary N) is 1. The Bertz CT molecular complexity index is 569. The molecule has 0 spiro atoms. The molecule has 3 heterocycles. The minimum atomic E-state index is 0.771. The van der Waals surface area contributed by atoms with Crippen molar-refractivity contribution in [3.63, 3.8) is 0 Å². The maximum atomic E-state index is 4.89. The van der Waals surface area contributed by atoms with E-state index < -0.39 is 0 Å². The molecule has 150 valence electrons. The number of rotatable bonds is 6. The minimum absolute atomic E-state index is 0.771. The molecule has 1 atom stereocenters. The van der Waals surface area contributed by atoms with E-state index in [-0.39, 0.29) is 0 Å². The van der Waals surface area contributed by atoms with Crippen LogP contribution in [0.4, 0.5) is 5.95 Å². The monoisotopic (exact) mass is 373 g/mol. The summed E-state index contributed by atoms with van der Waals surface area (Å²) in [6, 6.07) is 1.87. The van der Waals surface area contributed by atoms with E-state index in [0.29, 0.717) is 0 Å². The summed E-state index contributed by atoms with van der Waals surface area (Å²) in [5.41, 5.74) is 0. The van der Waals surface area contributed by atoms with Crippen LogP contribution in [0.1, 0.15) is 33.1 Å². The number of piperazine rings is 1. The molecule has 1 aromatic rings. The SMILES string of the molecule is CCNC(=NCCCN1CCN(c2ncccn2)CC1)N1CCCC(C)C1. The number of piperidine rings is 1. The lowest BCUT2D eigenvalue weighted by molar-refractivity contribution is 0.253. The van der Waals surface area contributed by atoms with E-state index in [1.54, 1.807) is 0 Å². The van der Waals surface area contributed by atoms with Crippen LogP contribution in [0.15, 0.2) is 23.5 Å². The Morgan fingerprint density at radius 1 is 1.19 bits per heavy atom. The van der Waals surface area contributed by atoms with E-state index in [4.69, 9.17) is 4.99 Å². The molecule has 0 amide bonds. The van der Waals surface area contributed by atoms with E-state index in [2.05, 4.69) is 43.8 Å². The summed E-state index contributed by atoms with van der Waals surface area (Å²) in [7, 11) is 0. The lowest BCUT2D eigenvalue weighted by atomic mass is 10.0. The van der Waals surface area contributed by atoms with Crippen molar-refractivity contribution < 1.29 is 0 Å². The summed E-state index contributed by atoms with van der Waals surface area (Å²) < 4.78 is 0. The molecule has 2 fully saturated rings. The molecule has 3 rings (SSSR count). The second-order valence-electron chi connectivity index (χ2n) is 7.66. The molecule has 7 nitrogen and oxygen atoms in total. The van der Waals surface area contributed by atoms with E-state index in [1.165, 1.54) is 12.8 Å². The van der Waals surface area contributed by atoms with Gasteiger partial charge in [0.15, 0.2) is 5.96 Å². The standard InChI is InChI=1S/C20H35N7/c1-3-21-19(27-12-4-7-18(2)17-27)24-10-6-11-25-13-15-26(16-14-25)20-22-8-5-9-23-20/h5,8-9,18H,3-4,6-7,10-17H2,1-2H3,(H,21,24). The molecular formula is C20H35N7. The van der Waals surface area contributed by atoms with Crippen molar-refractivity contribution in [2.24, 2.45) is 10.9 Å². The van der Waals surface area contributed by atoms with Crippen molar-refractivity contribution in [3.8, 4) is 0 Å². The highest BCUT2D eigenvalue weighted by Gasteiger charge is 2.20. The fourth-order valence-electron chi connectivity index (χ4n) is 3.91. The highest BCUT2D eigenvalue weighted by atomic mass is 15.3. The maximum absolute atomic E-state index is 4.89. The van der Waals surface area contributed by atoms with Gasteiger partial charge in [-0.05, 0) is 38.2 Å². The summed E-state index contributed by atoms with van der Waals surface area (Å²) >= 11 is 0. The zero-order chi connectivity index (χ0) is 18.9. The van der Waals surface area contributed by atoms with Gasteiger partial charge in [-0.25, -0.2) is 9.97 Å². The van der Waals surface area contributed by atoms with Gasteiger partial charge in [0.25, 0.3) is 0 Å². The third kappa shape index (κ3) is 6.06. The summed E-state index contributed by atoms with van der Waals surface area (Å²) in [5, 5.41) is 3.48. The molecule has 0 bridgehead atoms. The smallest absolute Gasteiger partial charge is 0.225 e. The summed E-state index contributed by atoms with van der Waals surface area (Å²) in [6.45, 7) is 13.9. The first-order valence-electron chi connectivity index (χ1n) is 10.5. The molecule has 0 radical (unpaired) electrons. The van der Waals surface area contributed by atoms with Gasteiger partial charge in [0.2, 0.25) is 5.95 Å². The first-order valence-corrected chi connectivity index (χ1v) is 10.5. The number of aliphatic imine (C=N–C) groups is 1. The Morgan fingerprint density at radius 2 is 1.96 bits per heavy atom. The lowest BCUT2D eigenvalue weighted by Crippen LogP contribution is -2.47. The average molecular weight is 374 g/mol. The lowest BCUT2D eigenvalue weighted by Gasteiger charge is -2.35. The number of anilines is 1. The van der Waals surface area contributed by atoms with Gasteiger partial charge in [-0.2, -0.15) is 0 Å². The van der Waals surface area contributed by atoms with Gasteiger partial charge in [-0.1, -0.05) is 6.92 Å². The second kappa shape index (κ2) is 10.4. The molecule has 1 unspecified atom stereocenters. The molecule has 2 aliphatic rings. The molecular weight excluding hydrogens is 338 g/mol. The average Bonchev–Trinajstić information content (AvgIpc) is 2.71. The highest BCUT2D eigenvalue weighted by molar-refractivity contribution is 5.80. The first kappa shape index (κ1) is 19.9. The van der Waals surface area contributed by atoms with E-state index in [1.807, 2.05) is 18.5 Å². The zero-order valence-electron chi connectivity index (χ0n) is 17.0. The van der Waals surface area contributed by atoms with Crippen LogP contribution in [-0.4, -0.2) is 84.6 Å². The van der Waals surface area contributed by atoms with Crippen LogP contribution in [0.2, 0.25) is 0 Å². The van der Waals surface area contributed by atoms with E-state index in [0.717, 1.165) is 83.1 Å². The van der Waals surface area contributed by atoms with Gasteiger partial charge in [-0.3, -0.25) is 9.89 Å². The predicted molar refractivity (Wildman–Crippen MR) is 111 cm³/mol. The summed E-state index contributed by atoms with van der Waals surface area (Å²) in [5.74, 6) is 2.73. The van der Waals surface area contributed by atoms with Crippen LogP contribution >= 0.6 is 0 Å². The summed E-state index contributed by atoms with van der Waals surface area (Å²) in [6.07, 6.45) is 7.37. The molecule has 2 aliphatic heterocycles. The van der Waals surface area contributed by atoms with Crippen LogP contribution in [0.3, 0.4) is 0 Å². The number of likely N-dealkylation sites (tertiary alicyclic amines) is 1. The predicted octanol–water partition coefficient (Wildman–Crippen LogP) is 1.69. The van der Waals surface area contributed by atoms with Crippen LogP contribution in [0.5, 0.6) is 0 Å². The Morgan fingerprint density at radius 3 is 2.67 bits per heavy atom. The number of aromatic nitrogens is 2. The molecule has 2 saturated heterocycles. The Kier molecular flexibility index (Phi) is 7.68. The quantitative estimate of drug-likeness (QED) is 0.465. The Balaban J connectivity index is 1.39. The Labute approximate surface area is 163 Å². The van der Waals surface area contributed by atoms with Crippen molar-refractivity contribution in [1.82, 2.24) is 25.1 Å². The normalized spacial score (nSPS) is 22.1. The molecule has 7 heteroatoms. The third-order valence-electron chi connectivity index (χ3n) is 5.39. The van der Waals surface area contributed by atoms with Crippen LogP contribution in [0, 0.1) is 5.92 Å². The first-order chi connectivity index (χ1) is 13.3. The topological polar surface area (TPSA) is 59.9 Å². The molecule has 0 aromatic carbocycles. The number of nitrogens with zero attached hydrogens (tertiary/aromatic N) is 6. The summed E-state index contributed by atoms with van der Waals surface area (Å²) in [4.78, 5) is 20.9. The van der Waals surface area contributed by atoms with Gasteiger partial charge in [-0.15, -0.1) is 0 Å². The second-order valence-corrected chi connectivity index (χ2v) is 7.66. The van der Waals surface area contributed by atoms with Crippen molar-refractivity contribution in [2.75, 3.05) is 63.8 Å². The minimum Gasteiger partial charge on any atom is -0.357 e. The van der Waals surface area contributed by atoms with Crippen LogP contribution in [-0.2, 0) is 0 Å². The van der Waals surface area contributed by atoms with Crippen molar-refractivity contribution in [1.29, 1.82) is 0 Å². The van der Waals surface area contributed by atoms with Gasteiger partial charge >= 0.3 is 0 Å². The van der Waals surface area contributed by atoms with Crippen molar-refractivity contribution in [3.05, 3.63) is 18.5 Å². The molecule has 0 aliphatic carbocycles. The fraction of sp³-hybridized carbons (Fsp3) is 0.750. The maximum Gasteiger partial charge on any atom is 0.225 e. The molecule has 1 N–H and O–H groups in total. The number of hydrogen-bond donors (Lipinski definition) is 1. The van der Waals surface area contributed by atoms with Gasteiger partial charge < -0.3 is 15.1 Å². The fourth-order valence-corrected chi connectivity index (χ4v) is 3.91. The molecule has 1 aromatic heterocycles. The van der Waals surface area contributed by atoms with E-state index >= 15 is 0 Å². The third-order valence-corrected chi connectivity index (χ3v) is 5.39.